The van der Waals surface area contributed by atoms with Crippen LogP contribution in [0.15, 0.2) is 54.6 Å². The molecule has 0 aromatic heterocycles. The van der Waals surface area contributed by atoms with Crippen molar-refractivity contribution in [3.63, 3.8) is 0 Å². The molecule has 0 aliphatic heterocycles. The molecule has 0 aliphatic rings. The summed E-state index contributed by atoms with van der Waals surface area (Å²) in [6, 6.07) is 19.4. The Bertz CT molecular complexity index is 549. The maximum Gasteiger partial charge on any atom is 0.119 e. The van der Waals surface area contributed by atoms with E-state index < -0.39 is 0 Å². The second-order valence-corrected chi connectivity index (χ2v) is 4.31. The molecular formula is C16H17ClN2O. The van der Waals surface area contributed by atoms with Gasteiger partial charge in [0.2, 0.25) is 0 Å². The number of ether oxygens (including phenoxy) is 1. The molecule has 0 amide bonds. The minimum absolute atomic E-state index is 0. The molecule has 0 saturated carbocycles. The Kier molecular flexibility index (Phi) is 6.58. The molecule has 2 rings (SSSR count). The van der Waals surface area contributed by atoms with E-state index in [9.17, 15) is 0 Å². The zero-order valence-corrected chi connectivity index (χ0v) is 11.8. The van der Waals surface area contributed by atoms with Crippen molar-refractivity contribution < 1.29 is 4.74 Å². The van der Waals surface area contributed by atoms with Gasteiger partial charge >= 0.3 is 0 Å². The number of hydrogen-bond acceptors (Lipinski definition) is 3. The fourth-order valence-electron chi connectivity index (χ4n) is 1.77. The smallest absolute Gasteiger partial charge is 0.119 e. The van der Waals surface area contributed by atoms with Crippen LogP contribution >= 0.6 is 12.4 Å². The van der Waals surface area contributed by atoms with E-state index in [-0.39, 0.29) is 18.4 Å². The number of rotatable bonds is 5. The van der Waals surface area contributed by atoms with Crippen molar-refractivity contribution in [2.24, 2.45) is 5.73 Å². The third-order valence-corrected chi connectivity index (χ3v) is 2.87. The summed E-state index contributed by atoms with van der Waals surface area (Å²) < 4.78 is 5.68. The lowest BCUT2D eigenvalue weighted by molar-refractivity contribution is 0.306. The van der Waals surface area contributed by atoms with E-state index in [1.54, 1.807) is 0 Å². The van der Waals surface area contributed by atoms with E-state index in [4.69, 9.17) is 15.7 Å². The minimum atomic E-state index is -0.229. The first-order chi connectivity index (χ1) is 9.29. The van der Waals surface area contributed by atoms with E-state index in [1.807, 2.05) is 54.6 Å². The molecule has 0 heterocycles. The average Bonchev–Trinajstić information content (AvgIpc) is 2.47. The molecule has 2 N–H and O–H groups in total. The van der Waals surface area contributed by atoms with Gasteiger partial charge in [0, 0.05) is 6.04 Å². The predicted octanol–water partition coefficient (Wildman–Crippen LogP) is 3.60. The second kappa shape index (κ2) is 8.21. The molecule has 2 aromatic carbocycles. The van der Waals surface area contributed by atoms with Crippen LogP contribution in [0.4, 0.5) is 0 Å². The third-order valence-electron chi connectivity index (χ3n) is 2.87. The summed E-state index contributed by atoms with van der Waals surface area (Å²) in [6.45, 7) is 0.546. The van der Waals surface area contributed by atoms with Crippen LogP contribution in [0.2, 0.25) is 0 Å². The van der Waals surface area contributed by atoms with Crippen LogP contribution in [-0.2, 0) is 6.61 Å². The van der Waals surface area contributed by atoms with Crippen molar-refractivity contribution in [1.29, 1.82) is 5.26 Å². The highest BCUT2D eigenvalue weighted by molar-refractivity contribution is 5.85. The Morgan fingerprint density at radius 1 is 1.05 bits per heavy atom. The van der Waals surface area contributed by atoms with Crippen LogP contribution in [0.1, 0.15) is 23.6 Å². The molecule has 4 heteroatoms. The van der Waals surface area contributed by atoms with Gasteiger partial charge in [0.25, 0.3) is 0 Å². The van der Waals surface area contributed by atoms with Gasteiger partial charge in [-0.1, -0.05) is 42.5 Å². The van der Waals surface area contributed by atoms with Gasteiger partial charge in [-0.3, -0.25) is 0 Å². The van der Waals surface area contributed by atoms with E-state index >= 15 is 0 Å². The summed E-state index contributed by atoms with van der Waals surface area (Å²) in [6.07, 6.45) is 0.324. The van der Waals surface area contributed by atoms with Crippen molar-refractivity contribution in [2.75, 3.05) is 0 Å². The lowest BCUT2D eigenvalue weighted by atomic mass is 10.1. The Hall–Kier alpha value is -2.02. The van der Waals surface area contributed by atoms with Crippen molar-refractivity contribution in [2.45, 2.75) is 19.1 Å². The number of benzene rings is 2. The molecular weight excluding hydrogens is 272 g/mol. The first-order valence-electron chi connectivity index (χ1n) is 6.19. The summed E-state index contributed by atoms with van der Waals surface area (Å²) in [4.78, 5) is 0. The van der Waals surface area contributed by atoms with Gasteiger partial charge in [0.05, 0.1) is 12.5 Å². The fourth-order valence-corrected chi connectivity index (χ4v) is 1.77. The van der Waals surface area contributed by atoms with Crippen molar-refractivity contribution in [3.8, 4) is 11.8 Å². The van der Waals surface area contributed by atoms with Crippen LogP contribution in [0.3, 0.4) is 0 Å². The molecule has 2 aromatic rings. The van der Waals surface area contributed by atoms with Gasteiger partial charge in [-0.15, -0.1) is 12.4 Å². The highest BCUT2D eigenvalue weighted by atomic mass is 35.5. The lowest BCUT2D eigenvalue weighted by Crippen LogP contribution is -2.08. The van der Waals surface area contributed by atoms with Gasteiger partial charge < -0.3 is 10.5 Å². The van der Waals surface area contributed by atoms with Crippen LogP contribution < -0.4 is 10.5 Å². The molecule has 0 unspecified atom stereocenters. The van der Waals surface area contributed by atoms with Crippen molar-refractivity contribution in [1.82, 2.24) is 0 Å². The first kappa shape index (κ1) is 16.0. The van der Waals surface area contributed by atoms with Crippen molar-refractivity contribution in [3.05, 3.63) is 65.7 Å². The molecule has 1 atom stereocenters. The number of nitriles is 1. The molecule has 0 aliphatic carbocycles. The van der Waals surface area contributed by atoms with Gasteiger partial charge in [-0.25, -0.2) is 0 Å². The fraction of sp³-hybridized carbons (Fsp3) is 0.188. The largest absolute Gasteiger partial charge is 0.489 e. The summed E-state index contributed by atoms with van der Waals surface area (Å²) in [5.41, 5.74) is 7.94. The minimum Gasteiger partial charge on any atom is -0.489 e. The van der Waals surface area contributed by atoms with Gasteiger partial charge in [0.1, 0.15) is 12.4 Å². The summed E-state index contributed by atoms with van der Waals surface area (Å²) in [5.74, 6) is 0.803. The molecule has 0 radical (unpaired) electrons. The Morgan fingerprint density at radius 2 is 1.70 bits per heavy atom. The van der Waals surface area contributed by atoms with Crippen LogP contribution in [-0.4, -0.2) is 0 Å². The molecule has 3 nitrogen and oxygen atoms in total. The van der Waals surface area contributed by atoms with Gasteiger partial charge in [-0.2, -0.15) is 5.26 Å². The molecule has 104 valence electrons. The number of halogens is 1. The monoisotopic (exact) mass is 288 g/mol. The second-order valence-electron chi connectivity index (χ2n) is 4.31. The predicted molar refractivity (Wildman–Crippen MR) is 81.6 cm³/mol. The van der Waals surface area contributed by atoms with Crippen LogP contribution in [0.25, 0.3) is 0 Å². The zero-order valence-electron chi connectivity index (χ0n) is 11.0. The highest BCUT2D eigenvalue weighted by Gasteiger charge is 2.05. The topological polar surface area (TPSA) is 59.0 Å². The van der Waals surface area contributed by atoms with E-state index in [0.29, 0.717) is 13.0 Å². The normalized spacial score (nSPS) is 11.0. The standard InChI is InChI=1S/C16H16N2O.ClH/c17-11-10-16(18)14-6-8-15(9-7-14)19-12-13-4-2-1-3-5-13;/h1-9,16H,10,12,18H2;1H/t16-;/m0./s1. The first-order valence-corrected chi connectivity index (χ1v) is 6.19. The Balaban J connectivity index is 0.00000200. The number of hydrogen-bond donors (Lipinski definition) is 1. The molecule has 20 heavy (non-hydrogen) atoms. The van der Waals surface area contributed by atoms with Crippen LogP contribution in [0.5, 0.6) is 5.75 Å². The Morgan fingerprint density at radius 3 is 2.30 bits per heavy atom. The summed E-state index contributed by atoms with van der Waals surface area (Å²) >= 11 is 0. The van der Waals surface area contributed by atoms with Crippen molar-refractivity contribution >= 4 is 12.4 Å². The molecule has 0 spiro atoms. The van der Waals surface area contributed by atoms with E-state index in [2.05, 4.69) is 6.07 Å². The Labute approximate surface area is 125 Å². The highest BCUT2D eigenvalue weighted by Crippen LogP contribution is 2.19. The number of nitrogens with zero attached hydrogens (tertiary/aromatic N) is 1. The third kappa shape index (κ3) is 4.58. The van der Waals surface area contributed by atoms with Gasteiger partial charge in [0.15, 0.2) is 0 Å². The molecule has 0 fully saturated rings. The number of nitrogens with two attached hydrogens (primary N) is 1. The van der Waals surface area contributed by atoms with E-state index in [0.717, 1.165) is 16.9 Å². The summed E-state index contributed by atoms with van der Waals surface area (Å²) in [5, 5.41) is 8.61. The summed E-state index contributed by atoms with van der Waals surface area (Å²) in [7, 11) is 0. The zero-order chi connectivity index (χ0) is 13.5. The quantitative estimate of drug-likeness (QED) is 0.914. The lowest BCUT2D eigenvalue weighted by Gasteiger charge is -2.10. The van der Waals surface area contributed by atoms with Gasteiger partial charge in [-0.05, 0) is 23.3 Å². The molecule has 0 saturated heterocycles. The average molecular weight is 289 g/mol. The maximum atomic E-state index is 8.61. The van der Waals surface area contributed by atoms with E-state index in [1.165, 1.54) is 0 Å². The SMILES string of the molecule is Cl.N#CC[C@H](N)c1ccc(OCc2ccccc2)cc1. The molecule has 0 bridgehead atoms. The maximum absolute atomic E-state index is 8.61. The van der Waals surface area contributed by atoms with Crippen LogP contribution in [0, 0.1) is 11.3 Å².